The highest BCUT2D eigenvalue weighted by Gasteiger charge is 2.20. The lowest BCUT2D eigenvalue weighted by atomic mass is 10.0. The van der Waals surface area contributed by atoms with Gasteiger partial charge in [-0.15, -0.1) is 0 Å². The molecule has 0 aliphatic heterocycles. The van der Waals surface area contributed by atoms with Gasteiger partial charge in [-0.05, 0) is 42.7 Å². The van der Waals surface area contributed by atoms with Crippen LogP contribution in [0, 0.1) is 11.7 Å². The van der Waals surface area contributed by atoms with Crippen molar-refractivity contribution in [3.8, 4) is 11.5 Å². The van der Waals surface area contributed by atoms with Crippen molar-refractivity contribution in [1.82, 2.24) is 5.32 Å². The number of ether oxygens (including phenoxy) is 1. The highest BCUT2D eigenvalue weighted by Crippen LogP contribution is 2.26. The van der Waals surface area contributed by atoms with E-state index in [1.165, 1.54) is 6.07 Å². The molecule has 2 aromatic rings. The molecule has 0 saturated carbocycles. The van der Waals surface area contributed by atoms with Gasteiger partial charge in [0.05, 0.1) is 12.1 Å². The van der Waals surface area contributed by atoms with Crippen LogP contribution in [0.1, 0.15) is 32.4 Å². The van der Waals surface area contributed by atoms with E-state index in [0.29, 0.717) is 11.3 Å². The van der Waals surface area contributed by atoms with E-state index in [9.17, 15) is 9.18 Å². The Hall–Kier alpha value is -2.40. The van der Waals surface area contributed by atoms with E-state index in [1.54, 1.807) is 31.2 Å². The molecule has 0 bridgehead atoms. The van der Waals surface area contributed by atoms with Crippen LogP contribution < -0.4 is 15.8 Å². The summed E-state index contributed by atoms with van der Waals surface area (Å²) in [4.78, 5) is 12.0. The van der Waals surface area contributed by atoms with Gasteiger partial charge in [-0.2, -0.15) is 0 Å². The second-order valence-electron chi connectivity index (χ2n) is 6.11. The Kier molecular flexibility index (Phi) is 5.93. The number of halogens is 1. The van der Waals surface area contributed by atoms with Crippen molar-refractivity contribution in [1.29, 1.82) is 0 Å². The largest absolute Gasteiger partial charge is 0.454 e. The molecule has 0 spiro atoms. The Morgan fingerprint density at radius 1 is 1.12 bits per heavy atom. The van der Waals surface area contributed by atoms with Gasteiger partial charge in [0, 0.05) is 0 Å². The van der Waals surface area contributed by atoms with Gasteiger partial charge in [-0.25, -0.2) is 4.39 Å². The molecule has 0 fully saturated rings. The van der Waals surface area contributed by atoms with Crippen molar-refractivity contribution < 1.29 is 13.9 Å². The fourth-order valence-electron chi connectivity index (χ4n) is 2.18. The van der Waals surface area contributed by atoms with Gasteiger partial charge < -0.3 is 15.8 Å². The summed E-state index contributed by atoms with van der Waals surface area (Å²) in [6.45, 7) is 5.55. The average molecular weight is 330 g/mol. The van der Waals surface area contributed by atoms with Crippen LogP contribution in [0.3, 0.4) is 0 Å². The first-order valence-corrected chi connectivity index (χ1v) is 7.96. The van der Waals surface area contributed by atoms with Crippen molar-refractivity contribution in [2.24, 2.45) is 11.7 Å². The number of hydrogen-bond donors (Lipinski definition) is 2. The van der Waals surface area contributed by atoms with Gasteiger partial charge in [0.2, 0.25) is 5.91 Å². The minimum atomic E-state index is -0.585. The fraction of sp³-hybridized carbons (Fsp3) is 0.316. The van der Waals surface area contributed by atoms with Crippen LogP contribution in [-0.4, -0.2) is 11.9 Å². The molecule has 0 aliphatic carbocycles. The van der Waals surface area contributed by atoms with Crippen LogP contribution in [0.5, 0.6) is 11.5 Å². The van der Waals surface area contributed by atoms with E-state index in [1.807, 2.05) is 32.0 Å². The van der Waals surface area contributed by atoms with Crippen LogP contribution in [0.15, 0.2) is 48.5 Å². The van der Waals surface area contributed by atoms with E-state index >= 15 is 0 Å². The fourth-order valence-corrected chi connectivity index (χ4v) is 2.18. The minimum Gasteiger partial charge on any atom is -0.454 e. The molecule has 2 atom stereocenters. The summed E-state index contributed by atoms with van der Waals surface area (Å²) in [5, 5.41) is 2.80. The lowest BCUT2D eigenvalue weighted by Crippen LogP contribution is -2.44. The third-order valence-electron chi connectivity index (χ3n) is 3.81. The van der Waals surface area contributed by atoms with Crippen molar-refractivity contribution in [3.05, 3.63) is 59.9 Å². The van der Waals surface area contributed by atoms with E-state index in [4.69, 9.17) is 10.5 Å². The first kappa shape index (κ1) is 17.9. The highest BCUT2D eigenvalue weighted by atomic mass is 19.1. The molecular weight excluding hydrogens is 307 g/mol. The van der Waals surface area contributed by atoms with E-state index < -0.39 is 11.9 Å². The molecule has 0 aromatic heterocycles. The first-order valence-electron chi connectivity index (χ1n) is 7.96. The predicted molar refractivity (Wildman–Crippen MR) is 92.3 cm³/mol. The number of carbonyl (C=O) groups is 1. The Labute approximate surface area is 141 Å². The monoisotopic (exact) mass is 330 g/mol. The summed E-state index contributed by atoms with van der Waals surface area (Å²) in [6, 6.07) is 12.7. The number of benzene rings is 2. The Balaban J connectivity index is 2.07. The van der Waals surface area contributed by atoms with Crippen molar-refractivity contribution in [3.63, 3.8) is 0 Å². The lowest BCUT2D eigenvalue weighted by molar-refractivity contribution is -0.123. The van der Waals surface area contributed by atoms with E-state index in [-0.39, 0.29) is 23.6 Å². The van der Waals surface area contributed by atoms with Gasteiger partial charge in [0.15, 0.2) is 11.6 Å². The molecular formula is C19H23FN2O2. The van der Waals surface area contributed by atoms with Crippen LogP contribution in [0.2, 0.25) is 0 Å². The highest BCUT2D eigenvalue weighted by molar-refractivity contribution is 5.82. The minimum absolute atomic E-state index is 0.0376. The van der Waals surface area contributed by atoms with Crippen molar-refractivity contribution in [2.45, 2.75) is 32.9 Å². The second kappa shape index (κ2) is 7.93. The zero-order valence-electron chi connectivity index (χ0n) is 14.1. The maximum absolute atomic E-state index is 14.3. The molecule has 1 unspecified atom stereocenters. The number of hydrogen-bond acceptors (Lipinski definition) is 3. The van der Waals surface area contributed by atoms with Crippen molar-refractivity contribution in [2.75, 3.05) is 0 Å². The number of nitrogens with two attached hydrogens (primary N) is 1. The summed E-state index contributed by atoms with van der Waals surface area (Å²) in [6.07, 6.45) is 0. The number of carbonyl (C=O) groups excluding carboxylic acids is 1. The van der Waals surface area contributed by atoms with Gasteiger partial charge >= 0.3 is 0 Å². The molecule has 3 N–H and O–H groups in total. The Bertz CT molecular complexity index is 689. The normalized spacial score (nSPS) is 13.4. The molecule has 128 valence electrons. The van der Waals surface area contributed by atoms with Gasteiger partial charge in [-0.3, -0.25) is 4.79 Å². The number of nitrogens with one attached hydrogen (secondary N) is 1. The summed E-state index contributed by atoms with van der Waals surface area (Å²) in [7, 11) is 0. The number of para-hydroxylation sites is 1. The second-order valence-corrected chi connectivity index (χ2v) is 6.11. The van der Waals surface area contributed by atoms with Gasteiger partial charge in [0.1, 0.15) is 5.75 Å². The lowest BCUT2D eigenvalue weighted by Gasteiger charge is -2.20. The maximum atomic E-state index is 14.3. The zero-order chi connectivity index (χ0) is 17.7. The predicted octanol–water partition coefficient (Wildman–Crippen LogP) is 3.78. The summed E-state index contributed by atoms with van der Waals surface area (Å²) in [5.74, 6) is 0.0134. The number of amides is 1. The summed E-state index contributed by atoms with van der Waals surface area (Å²) < 4.78 is 19.8. The van der Waals surface area contributed by atoms with Crippen LogP contribution in [-0.2, 0) is 4.79 Å². The van der Waals surface area contributed by atoms with Crippen LogP contribution in [0.4, 0.5) is 4.39 Å². The van der Waals surface area contributed by atoms with Crippen LogP contribution in [0.25, 0.3) is 0 Å². The molecule has 2 aromatic carbocycles. The summed E-state index contributed by atoms with van der Waals surface area (Å²) in [5.41, 5.74) is 6.47. The molecule has 0 radical (unpaired) electrons. The molecule has 2 rings (SSSR count). The Morgan fingerprint density at radius 3 is 2.38 bits per heavy atom. The zero-order valence-corrected chi connectivity index (χ0v) is 14.1. The van der Waals surface area contributed by atoms with Crippen molar-refractivity contribution >= 4 is 5.91 Å². The summed E-state index contributed by atoms with van der Waals surface area (Å²) >= 11 is 0. The molecule has 0 heterocycles. The van der Waals surface area contributed by atoms with E-state index in [0.717, 1.165) is 0 Å². The topological polar surface area (TPSA) is 64.4 Å². The molecule has 0 saturated heterocycles. The van der Waals surface area contributed by atoms with Gasteiger partial charge in [0.25, 0.3) is 0 Å². The number of rotatable bonds is 6. The third kappa shape index (κ3) is 4.55. The van der Waals surface area contributed by atoms with Gasteiger partial charge in [-0.1, -0.05) is 38.1 Å². The Morgan fingerprint density at radius 2 is 1.79 bits per heavy atom. The molecule has 1 amide bonds. The average Bonchev–Trinajstić information content (AvgIpc) is 2.56. The first-order chi connectivity index (χ1) is 11.4. The molecule has 5 heteroatoms. The standard InChI is InChI=1S/C19H23FN2O2/c1-12(2)18(21)19(23)22-13(3)14-9-10-17(16(20)11-14)24-15-7-5-4-6-8-15/h4-13,18H,21H2,1-3H3,(H,22,23)/t13?,18-/m0/s1. The maximum Gasteiger partial charge on any atom is 0.237 e. The third-order valence-corrected chi connectivity index (χ3v) is 3.81. The SMILES string of the molecule is CC(NC(=O)[C@@H](N)C(C)C)c1ccc(Oc2ccccc2)c(F)c1. The van der Waals surface area contributed by atoms with Crippen LogP contribution >= 0.6 is 0 Å². The quantitative estimate of drug-likeness (QED) is 0.847. The van der Waals surface area contributed by atoms with E-state index in [2.05, 4.69) is 5.32 Å². The molecule has 24 heavy (non-hydrogen) atoms. The molecule has 0 aliphatic rings. The smallest absolute Gasteiger partial charge is 0.237 e. The molecule has 4 nitrogen and oxygen atoms in total.